The summed E-state index contributed by atoms with van der Waals surface area (Å²) in [5.74, 6) is -2.79. The number of halogens is 2. The van der Waals surface area contributed by atoms with Crippen LogP contribution in [0.25, 0.3) is 16.0 Å². The number of rotatable bonds is 4. The molecule has 1 aliphatic rings. The fourth-order valence-electron chi connectivity index (χ4n) is 4.06. The molecular formula is C26H18ClFN2O3S. The zero-order chi connectivity index (χ0) is 24.0. The normalized spacial score (nSPS) is 17.6. The van der Waals surface area contributed by atoms with Gasteiger partial charge < -0.3 is 5.11 Å². The molecular weight excluding hydrogens is 475 g/mol. The number of anilines is 1. The highest BCUT2D eigenvalue weighted by Gasteiger charge is 2.49. The van der Waals surface area contributed by atoms with Gasteiger partial charge in [0.15, 0.2) is 5.13 Å². The molecule has 170 valence electrons. The van der Waals surface area contributed by atoms with Gasteiger partial charge in [0.25, 0.3) is 5.78 Å². The molecule has 4 aromatic rings. The standard InChI is InChI=1S/C26H18ClFN2O3S/c1-2-14-7-12-19-20(13-14)34-26(29-19)30-22(17-5-3-4-6-18(17)28)21(24(32)25(30)33)23(31)15-8-10-16(27)11-9-15/h3-13,22,31H,2H2,1H3/t22-/m0/s1. The first kappa shape index (κ1) is 22.3. The number of fused-ring (bicyclic) bond motifs is 1. The number of aliphatic hydroxyl groups excluding tert-OH is 1. The van der Waals surface area contributed by atoms with Crippen molar-refractivity contribution in [2.75, 3.05) is 4.90 Å². The Morgan fingerprint density at radius 1 is 1.12 bits per heavy atom. The van der Waals surface area contributed by atoms with E-state index in [1.54, 1.807) is 18.2 Å². The minimum atomic E-state index is -1.18. The highest BCUT2D eigenvalue weighted by Crippen LogP contribution is 2.45. The molecule has 3 aromatic carbocycles. The maximum atomic E-state index is 15.0. The SMILES string of the molecule is CCc1ccc2nc(N3C(=O)C(=O)C(=C(O)c4ccc(Cl)cc4)[C@@H]3c3ccccc3F)sc2c1. The molecule has 0 spiro atoms. The third-order valence-corrected chi connectivity index (χ3v) is 7.09. The number of benzene rings is 3. The van der Waals surface area contributed by atoms with Gasteiger partial charge in [0, 0.05) is 16.1 Å². The van der Waals surface area contributed by atoms with Crippen LogP contribution >= 0.6 is 22.9 Å². The fraction of sp³-hybridized carbons (Fsp3) is 0.115. The zero-order valence-electron chi connectivity index (χ0n) is 18.0. The van der Waals surface area contributed by atoms with Crippen molar-refractivity contribution >= 4 is 55.7 Å². The Bertz CT molecular complexity index is 1480. The molecule has 1 amide bonds. The van der Waals surface area contributed by atoms with Crippen molar-refractivity contribution < 1.29 is 19.1 Å². The predicted molar refractivity (Wildman–Crippen MR) is 132 cm³/mol. The number of hydrogen-bond acceptors (Lipinski definition) is 5. The topological polar surface area (TPSA) is 70.5 Å². The molecule has 1 aliphatic heterocycles. The molecule has 0 saturated carbocycles. The first-order chi connectivity index (χ1) is 16.4. The smallest absolute Gasteiger partial charge is 0.301 e. The summed E-state index contributed by atoms with van der Waals surface area (Å²) in [4.78, 5) is 32.2. The van der Waals surface area contributed by atoms with Crippen LogP contribution in [-0.4, -0.2) is 21.8 Å². The lowest BCUT2D eigenvalue weighted by molar-refractivity contribution is -0.132. The van der Waals surface area contributed by atoms with Crippen LogP contribution in [-0.2, 0) is 16.0 Å². The van der Waals surface area contributed by atoms with E-state index in [2.05, 4.69) is 4.98 Å². The number of nitrogens with zero attached hydrogens (tertiary/aromatic N) is 2. The molecule has 1 fully saturated rings. The molecule has 2 heterocycles. The number of aryl methyl sites for hydroxylation is 1. The van der Waals surface area contributed by atoms with Gasteiger partial charge in [0.1, 0.15) is 17.6 Å². The molecule has 0 aliphatic carbocycles. The Labute approximate surface area is 203 Å². The molecule has 0 radical (unpaired) electrons. The van der Waals surface area contributed by atoms with Gasteiger partial charge in [-0.2, -0.15) is 0 Å². The van der Waals surface area contributed by atoms with E-state index in [0.29, 0.717) is 16.1 Å². The van der Waals surface area contributed by atoms with E-state index >= 15 is 0 Å². The van der Waals surface area contributed by atoms with Crippen molar-refractivity contribution in [1.82, 2.24) is 4.98 Å². The first-order valence-electron chi connectivity index (χ1n) is 10.6. The molecule has 5 nitrogen and oxygen atoms in total. The van der Waals surface area contributed by atoms with Crippen molar-refractivity contribution in [1.29, 1.82) is 0 Å². The number of Topliss-reactive ketones (excluding diaryl/α,β-unsaturated/α-hetero) is 1. The van der Waals surface area contributed by atoms with Gasteiger partial charge in [-0.05, 0) is 54.4 Å². The molecule has 8 heteroatoms. The zero-order valence-corrected chi connectivity index (χ0v) is 19.5. The lowest BCUT2D eigenvalue weighted by Crippen LogP contribution is -2.29. The van der Waals surface area contributed by atoms with Crippen LogP contribution in [0.1, 0.15) is 29.7 Å². The molecule has 34 heavy (non-hydrogen) atoms. The maximum absolute atomic E-state index is 15.0. The highest BCUT2D eigenvalue weighted by molar-refractivity contribution is 7.22. The van der Waals surface area contributed by atoms with Crippen LogP contribution in [0.15, 0.2) is 72.3 Å². The summed E-state index contributed by atoms with van der Waals surface area (Å²) in [5.41, 5.74) is 1.96. The third kappa shape index (κ3) is 3.67. The summed E-state index contributed by atoms with van der Waals surface area (Å²) >= 11 is 7.20. The number of ketones is 1. The monoisotopic (exact) mass is 492 g/mol. The van der Waals surface area contributed by atoms with Crippen LogP contribution in [0, 0.1) is 5.82 Å². The average Bonchev–Trinajstić information content (AvgIpc) is 3.37. The summed E-state index contributed by atoms with van der Waals surface area (Å²) in [5, 5.41) is 11.8. The minimum absolute atomic E-state index is 0.0886. The molecule has 5 rings (SSSR count). The Morgan fingerprint density at radius 2 is 1.85 bits per heavy atom. The van der Waals surface area contributed by atoms with E-state index in [9.17, 15) is 19.1 Å². The van der Waals surface area contributed by atoms with Gasteiger partial charge in [-0.15, -0.1) is 0 Å². The quantitative estimate of drug-likeness (QED) is 0.207. The van der Waals surface area contributed by atoms with E-state index < -0.39 is 29.3 Å². The maximum Gasteiger partial charge on any atom is 0.301 e. The second kappa shape index (κ2) is 8.66. The lowest BCUT2D eigenvalue weighted by Gasteiger charge is -2.23. The van der Waals surface area contributed by atoms with Crippen LogP contribution in [0.3, 0.4) is 0 Å². The van der Waals surface area contributed by atoms with Gasteiger partial charge in [0.05, 0.1) is 15.8 Å². The van der Waals surface area contributed by atoms with Crippen molar-refractivity contribution in [3.63, 3.8) is 0 Å². The predicted octanol–water partition coefficient (Wildman–Crippen LogP) is 6.28. The van der Waals surface area contributed by atoms with Gasteiger partial charge in [0.2, 0.25) is 0 Å². The molecule has 1 aromatic heterocycles. The summed E-state index contributed by atoms with van der Waals surface area (Å²) in [7, 11) is 0. The van der Waals surface area contributed by atoms with E-state index in [-0.39, 0.29) is 16.3 Å². The molecule has 1 saturated heterocycles. The highest BCUT2D eigenvalue weighted by atomic mass is 35.5. The van der Waals surface area contributed by atoms with Gasteiger partial charge in [-0.25, -0.2) is 9.37 Å². The number of aliphatic hydroxyl groups is 1. The molecule has 1 N–H and O–H groups in total. The minimum Gasteiger partial charge on any atom is -0.507 e. The summed E-state index contributed by atoms with van der Waals surface area (Å²) in [6, 6.07) is 16.7. The Balaban J connectivity index is 1.73. The molecule has 1 atom stereocenters. The van der Waals surface area contributed by atoms with Crippen molar-refractivity contribution in [3.05, 3.63) is 99.8 Å². The summed E-state index contributed by atoms with van der Waals surface area (Å²) in [6.45, 7) is 2.04. The fourth-order valence-corrected chi connectivity index (χ4v) is 5.25. The number of aromatic nitrogens is 1. The van der Waals surface area contributed by atoms with Crippen molar-refractivity contribution in [2.24, 2.45) is 0 Å². The number of carbonyl (C=O) groups excluding carboxylic acids is 2. The average molecular weight is 493 g/mol. The molecule has 0 bridgehead atoms. The van der Waals surface area contributed by atoms with Crippen LogP contribution in [0.5, 0.6) is 0 Å². The summed E-state index contributed by atoms with van der Waals surface area (Å²) < 4.78 is 15.8. The number of carbonyl (C=O) groups is 2. The van der Waals surface area contributed by atoms with Crippen LogP contribution in [0.4, 0.5) is 9.52 Å². The third-order valence-electron chi connectivity index (χ3n) is 5.82. The van der Waals surface area contributed by atoms with Crippen LogP contribution in [0.2, 0.25) is 5.02 Å². The second-order valence-electron chi connectivity index (χ2n) is 7.85. The van der Waals surface area contributed by atoms with E-state index in [4.69, 9.17) is 11.6 Å². The lowest BCUT2D eigenvalue weighted by atomic mass is 9.95. The second-order valence-corrected chi connectivity index (χ2v) is 9.30. The Hall–Kier alpha value is -3.55. The number of hydrogen-bond donors (Lipinski definition) is 1. The Morgan fingerprint density at radius 3 is 2.56 bits per heavy atom. The van der Waals surface area contributed by atoms with Gasteiger partial charge in [-0.3, -0.25) is 14.5 Å². The summed E-state index contributed by atoms with van der Waals surface area (Å²) in [6.07, 6.45) is 0.837. The van der Waals surface area contributed by atoms with E-state index in [1.807, 2.05) is 25.1 Å². The number of amides is 1. The molecule has 0 unspecified atom stereocenters. The van der Waals surface area contributed by atoms with Gasteiger partial charge in [-0.1, -0.05) is 54.1 Å². The van der Waals surface area contributed by atoms with Gasteiger partial charge >= 0.3 is 5.91 Å². The van der Waals surface area contributed by atoms with E-state index in [0.717, 1.165) is 16.7 Å². The van der Waals surface area contributed by atoms with E-state index in [1.165, 1.54) is 46.6 Å². The Kier molecular flexibility index (Phi) is 5.67. The van der Waals surface area contributed by atoms with Crippen molar-refractivity contribution in [3.8, 4) is 0 Å². The largest absolute Gasteiger partial charge is 0.507 e. The first-order valence-corrected chi connectivity index (χ1v) is 11.8. The van der Waals surface area contributed by atoms with Crippen molar-refractivity contribution in [2.45, 2.75) is 19.4 Å². The number of thiazole rings is 1. The van der Waals surface area contributed by atoms with Crippen LogP contribution < -0.4 is 4.90 Å².